The normalized spacial score (nSPS) is 28.5. The molecule has 0 heterocycles. The lowest BCUT2D eigenvalue weighted by molar-refractivity contribution is -0.165. The van der Waals surface area contributed by atoms with Gasteiger partial charge in [0.05, 0.1) is 9.83 Å². The fraction of sp³-hybridized carbons (Fsp3) is 0.625. The number of hydrogen-bond acceptors (Lipinski definition) is 4. The Morgan fingerprint density at radius 1 is 0.969 bits per heavy atom. The Balaban J connectivity index is 1.63. The second kappa shape index (κ2) is 10.1. The van der Waals surface area contributed by atoms with Gasteiger partial charge in [0.1, 0.15) is 30.1 Å². The predicted octanol–water partition coefficient (Wildman–Crippen LogP) is 7.80. The summed E-state index contributed by atoms with van der Waals surface area (Å²) in [5, 5.41) is 0. The van der Waals surface area contributed by atoms with Gasteiger partial charge in [0.15, 0.2) is 0 Å². The number of rotatable bonds is 8. The molecule has 176 valence electrons. The zero-order valence-electron chi connectivity index (χ0n) is 18.3. The van der Waals surface area contributed by atoms with Gasteiger partial charge < -0.3 is 14.2 Å². The van der Waals surface area contributed by atoms with Gasteiger partial charge in [-0.3, -0.25) is 0 Å². The number of benzene rings is 1. The second-order valence-electron chi connectivity index (χ2n) is 9.94. The summed E-state index contributed by atoms with van der Waals surface area (Å²) in [4.78, 5) is 13.7. The third-order valence-corrected chi connectivity index (χ3v) is 15.0. The summed E-state index contributed by atoms with van der Waals surface area (Å²) in [5.41, 5.74) is 0.133. The number of carbonyl (C=O) groups is 1. The monoisotopic (exact) mass is 888 g/mol. The molecule has 0 aromatic heterocycles. The first kappa shape index (κ1) is 26.0. The minimum Gasteiger partial charge on any atom is -0.498 e. The summed E-state index contributed by atoms with van der Waals surface area (Å²) >= 11 is 9.15. The maximum atomic E-state index is 13.7. The van der Waals surface area contributed by atoms with Crippen LogP contribution in [-0.4, -0.2) is 24.8 Å². The van der Waals surface area contributed by atoms with Gasteiger partial charge >= 0.3 is 5.97 Å². The van der Waals surface area contributed by atoms with Crippen LogP contribution in [0.5, 0.6) is 5.75 Å². The summed E-state index contributed by atoms with van der Waals surface area (Å²) in [6.45, 7) is 8.58. The lowest BCUT2D eigenvalue weighted by atomic mass is 9.46. The molecule has 32 heavy (non-hydrogen) atoms. The third kappa shape index (κ3) is 4.81. The summed E-state index contributed by atoms with van der Waals surface area (Å²) < 4.78 is 21.7. The first-order valence-corrected chi connectivity index (χ1v) is 15.3. The molecular weight excluding hydrogens is 860 g/mol. The molecule has 0 aliphatic heterocycles. The van der Waals surface area contributed by atoms with E-state index in [4.69, 9.17) is 14.2 Å². The van der Waals surface area contributed by atoms with E-state index in [-0.39, 0.29) is 11.4 Å². The average molecular weight is 888 g/mol. The Morgan fingerprint density at radius 3 is 2.03 bits per heavy atom. The molecule has 4 bridgehead atoms. The lowest BCUT2D eigenvalue weighted by Crippen LogP contribution is -2.57. The Hall–Kier alpha value is 0.950. The van der Waals surface area contributed by atoms with E-state index in [9.17, 15) is 4.79 Å². The highest BCUT2D eigenvalue weighted by atomic mass is 127. The fourth-order valence-electron chi connectivity index (χ4n) is 6.44. The van der Waals surface area contributed by atoms with Crippen molar-refractivity contribution in [2.24, 2.45) is 23.2 Å². The minimum atomic E-state index is -0.508. The molecule has 0 spiro atoms. The number of carbonyl (C=O) groups excluding carboxylic acids is 1. The molecule has 0 saturated heterocycles. The fourth-order valence-corrected chi connectivity index (χ4v) is 9.96. The highest BCUT2D eigenvalue weighted by Crippen LogP contribution is 2.64. The standard InChI is InChI=1S/C24H28I4O4/c1-4-30-5-6-31-21-16(17(25)18(26)19(27)20(21)28)22(29)32-23(2,3)24-10-13-7-14(11-24)9-15(8-13)12-24/h4,13-15H,1,5-12H2,2-3H3. The van der Waals surface area contributed by atoms with Gasteiger partial charge in [-0.15, -0.1) is 0 Å². The number of esters is 1. The van der Waals surface area contributed by atoms with Crippen molar-refractivity contribution in [3.63, 3.8) is 0 Å². The lowest BCUT2D eigenvalue weighted by Gasteiger charge is -2.61. The average Bonchev–Trinajstić information content (AvgIpc) is 2.71. The van der Waals surface area contributed by atoms with E-state index in [0.717, 1.165) is 32.0 Å². The summed E-state index contributed by atoms with van der Waals surface area (Å²) in [7, 11) is 0. The van der Waals surface area contributed by atoms with Gasteiger partial charge in [-0.2, -0.15) is 0 Å². The molecule has 0 radical (unpaired) electrons. The number of ether oxygens (including phenoxy) is 3. The Morgan fingerprint density at radius 2 is 1.50 bits per heavy atom. The van der Waals surface area contributed by atoms with Crippen molar-refractivity contribution < 1.29 is 19.0 Å². The van der Waals surface area contributed by atoms with E-state index in [1.807, 2.05) is 0 Å². The second-order valence-corrected chi connectivity index (χ2v) is 14.3. The molecule has 0 amide bonds. The molecule has 1 aromatic carbocycles. The van der Waals surface area contributed by atoms with E-state index in [1.165, 1.54) is 44.8 Å². The van der Waals surface area contributed by atoms with Crippen molar-refractivity contribution in [3.05, 3.63) is 32.7 Å². The van der Waals surface area contributed by atoms with E-state index < -0.39 is 5.60 Å². The highest BCUT2D eigenvalue weighted by Gasteiger charge is 2.59. The van der Waals surface area contributed by atoms with Crippen LogP contribution in [-0.2, 0) is 9.47 Å². The third-order valence-electron chi connectivity index (χ3n) is 7.66. The highest BCUT2D eigenvalue weighted by molar-refractivity contribution is 14.1. The zero-order valence-corrected chi connectivity index (χ0v) is 26.9. The molecular formula is C24H28I4O4. The summed E-state index contributed by atoms with van der Waals surface area (Å²) in [5.74, 6) is 2.75. The van der Waals surface area contributed by atoms with Gasteiger partial charge in [-0.25, -0.2) is 4.79 Å². The van der Waals surface area contributed by atoms with Gasteiger partial charge in [0, 0.05) is 16.1 Å². The predicted molar refractivity (Wildman–Crippen MR) is 159 cm³/mol. The van der Waals surface area contributed by atoms with E-state index in [0.29, 0.717) is 24.5 Å². The van der Waals surface area contributed by atoms with Crippen molar-refractivity contribution in [1.29, 1.82) is 0 Å². The van der Waals surface area contributed by atoms with Crippen molar-refractivity contribution in [2.45, 2.75) is 58.0 Å². The summed E-state index contributed by atoms with van der Waals surface area (Å²) in [6, 6.07) is 0. The molecule has 4 nitrogen and oxygen atoms in total. The molecule has 0 atom stereocenters. The van der Waals surface area contributed by atoms with Crippen LogP contribution in [0.2, 0.25) is 0 Å². The van der Waals surface area contributed by atoms with Gasteiger partial charge in [0.2, 0.25) is 0 Å². The van der Waals surface area contributed by atoms with Crippen LogP contribution >= 0.6 is 90.4 Å². The van der Waals surface area contributed by atoms with Crippen LogP contribution in [0.3, 0.4) is 0 Å². The van der Waals surface area contributed by atoms with Gasteiger partial charge in [-0.05, 0) is 160 Å². The van der Waals surface area contributed by atoms with Crippen LogP contribution in [0, 0.1) is 37.4 Å². The van der Waals surface area contributed by atoms with Crippen molar-refractivity contribution >= 4 is 96.3 Å². The molecule has 4 aliphatic carbocycles. The largest absolute Gasteiger partial charge is 0.498 e. The van der Waals surface area contributed by atoms with Crippen LogP contribution in [0.4, 0.5) is 0 Å². The molecule has 1 aromatic rings. The quantitative estimate of drug-likeness (QED) is 0.0669. The Bertz CT molecular complexity index is 892. The SMILES string of the molecule is C=COCCOc1c(I)c(I)c(I)c(I)c1C(=O)OC(C)(C)C12CC3CC(CC(C3)C1)C2. The molecule has 5 rings (SSSR count). The minimum absolute atomic E-state index is 0.102. The number of halogens is 4. The van der Waals surface area contributed by atoms with Crippen molar-refractivity contribution in [2.75, 3.05) is 13.2 Å². The van der Waals surface area contributed by atoms with Crippen molar-refractivity contribution in [3.8, 4) is 5.75 Å². The van der Waals surface area contributed by atoms with E-state index >= 15 is 0 Å². The van der Waals surface area contributed by atoms with Crippen molar-refractivity contribution in [1.82, 2.24) is 0 Å². The molecule has 0 N–H and O–H groups in total. The van der Waals surface area contributed by atoms with Crippen LogP contribution in [0.25, 0.3) is 0 Å². The first-order chi connectivity index (χ1) is 15.1. The number of hydrogen-bond donors (Lipinski definition) is 0. The zero-order chi connectivity index (χ0) is 23.3. The topological polar surface area (TPSA) is 44.8 Å². The maximum absolute atomic E-state index is 13.7. The van der Waals surface area contributed by atoms with Crippen LogP contribution in [0.15, 0.2) is 12.8 Å². The molecule has 4 saturated carbocycles. The molecule has 0 unspecified atom stereocenters. The Kier molecular flexibility index (Phi) is 8.24. The maximum Gasteiger partial charge on any atom is 0.343 e. The van der Waals surface area contributed by atoms with Crippen LogP contribution in [0.1, 0.15) is 62.7 Å². The summed E-state index contributed by atoms with van der Waals surface area (Å²) in [6.07, 6.45) is 9.11. The molecule has 4 aliphatic rings. The molecule has 4 fully saturated rings. The van der Waals surface area contributed by atoms with Gasteiger partial charge in [0.25, 0.3) is 0 Å². The van der Waals surface area contributed by atoms with E-state index in [2.05, 4.69) is 111 Å². The first-order valence-electron chi connectivity index (χ1n) is 11.0. The van der Waals surface area contributed by atoms with Crippen LogP contribution < -0.4 is 4.74 Å². The molecule has 8 heteroatoms. The Labute approximate surface area is 245 Å². The smallest absolute Gasteiger partial charge is 0.343 e. The van der Waals surface area contributed by atoms with E-state index in [1.54, 1.807) is 0 Å². The van der Waals surface area contributed by atoms with Gasteiger partial charge in [-0.1, -0.05) is 6.58 Å².